The maximum atomic E-state index is 14.6. The second-order valence-electron chi connectivity index (χ2n) is 7.19. The summed E-state index contributed by atoms with van der Waals surface area (Å²) in [6.07, 6.45) is 2.85. The van der Waals surface area contributed by atoms with Crippen molar-refractivity contribution < 1.29 is 28.5 Å². The van der Waals surface area contributed by atoms with Crippen molar-refractivity contribution in [3.63, 3.8) is 0 Å². The highest BCUT2D eigenvalue weighted by Crippen LogP contribution is 2.36. The van der Waals surface area contributed by atoms with Crippen molar-refractivity contribution >= 4 is 11.7 Å². The third-order valence-electron chi connectivity index (χ3n) is 5.21. The molecule has 0 spiro atoms. The number of carboxylic acid groups (broad SMARTS) is 1. The van der Waals surface area contributed by atoms with Gasteiger partial charge in [-0.3, -0.25) is 9.48 Å². The fraction of sp³-hybridized carbons (Fsp3) is 0.524. The standard InChI is InChI=1S/C21H30FN3O5/c1-14(20(26)27)6-5-7-21(29-3,30-4)16-10-15(11-17(22)12-16)19-18(23)13-24-25(19)8-9-28-2/h10-14H,5-9,23H2,1-4H3,(H,26,27). The zero-order chi connectivity index (χ0) is 22.3. The topological polar surface area (TPSA) is 109 Å². The molecule has 0 saturated carbocycles. The van der Waals surface area contributed by atoms with Crippen LogP contribution in [0, 0.1) is 11.7 Å². The summed E-state index contributed by atoms with van der Waals surface area (Å²) in [5.74, 6) is -3.04. The fourth-order valence-electron chi connectivity index (χ4n) is 3.44. The molecule has 0 aliphatic heterocycles. The van der Waals surface area contributed by atoms with Crippen molar-refractivity contribution in [3.05, 3.63) is 35.8 Å². The number of carbonyl (C=O) groups is 1. The molecule has 1 aromatic heterocycles. The Morgan fingerprint density at radius 1 is 1.30 bits per heavy atom. The molecule has 1 unspecified atom stereocenters. The number of carboxylic acids is 1. The summed E-state index contributed by atoms with van der Waals surface area (Å²) >= 11 is 0. The maximum absolute atomic E-state index is 14.6. The van der Waals surface area contributed by atoms with E-state index >= 15 is 0 Å². The molecule has 0 fully saturated rings. The highest BCUT2D eigenvalue weighted by atomic mass is 19.1. The Kier molecular flexibility index (Phi) is 8.33. The normalized spacial score (nSPS) is 12.8. The summed E-state index contributed by atoms with van der Waals surface area (Å²) in [4.78, 5) is 11.1. The van der Waals surface area contributed by atoms with E-state index in [1.165, 1.54) is 32.5 Å². The summed E-state index contributed by atoms with van der Waals surface area (Å²) < 4.78 is 32.7. The number of aliphatic carboxylic acids is 1. The predicted molar refractivity (Wildman–Crippen MR) is 110 cm³/mol. The van der Waals surface area contributed by atoms with E-state index in [-0.39, 0.29) is 0 Å². The summed E-state index contributed by atoms with van der Waals surface area (Å²) in [7, 11) is 4.54. The third-order valence-corrected chi connectivity index (χ3v) is 5.21. The van der Waals surface area contributed by atoms with Gasteiger partial charge in [-0.15, -0.1) is 0 Å². The summed E-state index contributed by atoms with van der Waals surface area (Å²) in [6, 6.07) is 4.49. The van der Waals surface area contributed by atoms with Crippen LogP contribution in [0.5, 0.6) is 0 Å². The van der Waals surface area contributed by atoms with Gasteiger partial charge in [-0.2, -0.15) is 5.10 Å². The summed E-state index contributed by atoms with van der Waals surface area (Å²) in [5.41, 5.74) is 8.10. The maximum Gasteiger partial charge on any atom is 0.306 e. The lowest BCUT2D eigenvalue weighted by atomic mass is 9.94. The monoisotopic (exact) mass is 423 g/mol. The largest absolute Gasteiger partial charge is 0.481 e. The Hall–Kier alpha value is -2.49. The van der Waals surface area contributed by atoms with E-state index in [1.54, 1.807) is 24.8 Å². The zero-order valence-corrected chi connectivity index (χ0v) is 17.9. The van der Waals surface area contributed by atoms with Crippen LogP contribution in [0.4, 0.5) is 10.1 Å². The Balaban J connectivity index is 2.40. The average molecular weight is 423 g/mol. The Morgan fingerprint density at radius 3 is 2.60 bits per heavy atom. The first-order valence-electron chi connectivity index (χ1n) is 9.72. The van der Waals surface area contributed by atoms with Crippen LogP contribution in [-0.2, 0) is 31.3 Å². The van der Waals surface area contributed by atoms with Gasteiger partial charge in [-0.25, -0.2) is 4.39 Å². The summed E-state index contributed by atoms with van der Waals surface area (Å²) in [5, 5.41) is 13.3. The molecule has 2 aromatic rings. The van der Waals surface area contributed by atoms with Gasteiger partial charge in [-0.1, -0.05) is 6.92 Å². The van der Waals surface area contributed by atoms with E-state index in [0.717, 1.165) is 0 Å². The highest BCUT2D eigenvalue weighted by molar-refractivity contribution is 5.73. The SMILES string of the molecule is COCCn1ncc(N)c1-c1cc(F)cc(C(CCCC(C)C(=O)O)(OC)OC)c1. The highest BCUT2D eigenvalue weighted by Gasteiger charge is 2.33. The number of nitrogens with two attached hydrogens (primary N) is 1. The zero-order valence-electron chi connectivity index (χ0n) is 17.9. The summed E-state index contributed by atoms with van der Waals surface area (Å²) in [6.45, 7) is 2.54. The molecule has 3 N–H and O–H groups in total. The second-order valence-corrected chi connectivity index (χ2v) is 7.19. The van der Waals surface area contributed by atoms with Crippen LogP contribution in [-0.4, -0.2) is 48.8 Å². The number of nitrogen functional groups attached to an aromatic ring is 1. The van der Waals surface area contributed by atoms with Crippen LogP contribution in [0.25, 0.3) is 11.3 Å². The number of aromatic nitrogens is 2. The molecule has 1 aromatic carbocycles. The lowest BCUT2D eigenvalue weighted by Crippen LogP contribution is -2.31. The van der Waals surface area contributed by atoms with Crippen molar-refractivity contribution in [3.8, 4) is 11.3 Å². The third kappa shape index (κ3) is 5.35. The number of methoxy groups -OCH3 is 3. The molecule has 0 saturated heterocycles. The van der Waals surface area contributed by atoms with Gasteiger partial charge in [0.15, 0.2) is 5.79 Å². The smallest absolute Gasteiger partial charge is 0.306 e. The van der Waals surface area contributed by atoms with Gasteiger partial charge < -0.3 is 25.1 Å². The molecule has 9 heteroatoms. The first kappa shape index (κ1) is 23.8. The van der Waals surface area contributed by atoms with E-state index in [9.17, 15) is 9.18 Å². The van der Waals surface area contributed by atoms with Crippen molar-refractivity contribution in [2.45, 2.75) is 38.5 Å². The minimum absolute atomic E-state index is 0.360. The lowest BCUT2D eigenvalue weighted by molar-refractivity contribution is -0.221. The number of benzene rings is 1. The Bertz CT molecular complexity index is 851. The van der Waals surface area contributed by atoms with Crippen LogP contribution < -0.4 is 5.73 Å². The number of nitrogens with zero attached hydrogens (tertiary/aromatic N) is 2. The number of hydrogen-bond acceptors (Lipinski definition) is 6. The van der Waals surface area contributed by atoms with Gasteiger partial charge in [0.25, 0.3) is 0 Å². The van der Waals surface area contributed by atoms with E-state index in [4.69, 9.17) is 25.1 Å². The van der Waals surface area contributed by atoms with Gasteiger partial charge in [-0.05, 0) is 31.0 Å². The van der Waals surface area contributed by atoms with Crippen LogP contribution in [0.3, 0.4) is 0 Å². The lowest BCUT2D eigenvalue weighted by Gasteiger charge is -2.32. The van der Waals surface area contributed by atoms with Crippen molar-refractivity contribution in [2.24, 2.45) is 5.92 Å². The molecular weight excluding hydrogens is 393 g/mol. The molecule has 30 heavy (non-hydrogen) atoms. The van der Waals surface area contributed by atoms with E-state index in [1.807, 2.05) is 0 Å². The first-order valence-corrected chi connectivity index (χ1v) is 9.72. The Labute approximate surface area is 175 Å². The molecule has 0 aliphatic rings. The fourth-order valence-corrected chi connectivity index (χ4v) is 3.44. The molecule has 0 radical (unpaired) electrons. The molecule has 2 rings (SSSR count). The second kappa shape index (κ2) is 10.5. The number of rotatable bonds is 12. The molecule has 0 aliphatic carbocycles. The molecule has 0 amide bonds. The van der Waals surface area contributed by atoms with Crippen molar-refractivity contribution in [2.75, 3.05) is 33.7 Å². The van der Waals surface area contributed by atoms with Crippen LogP contribution in [0.1, 0.15) is 31.7 Å². The average Bonchev–Trinajstić information content (AvgIpc) is 3.09. The Morgan fingerprint density at radius 2 is 2.00 bits per heavy atom. The number of anilines is 1. The van der Waals surface area contributed by atoms with Crippen LogP contribution >= 0.6 is 0 Å². The van der Waals surface area contributed by atoms with E-state index in [2.05, 4.69) is 5.10 Å². The van der Waals surface area contributed by atoms with Gasteiger partial charge in [0.05, 0.1) is 36.6 Å². The van der Waals surface area contributed by atoms with Crippen LogP contribution in [0.2, 0.25) is 0 Å². The first-order chi connectivity index (χ1) is 14.3. The molecule has 0 bridgehead atoms. The molecule has 166 valence electrons. The number of hydrogen-bond donors (Lipinski definition) is 2. The van der Waals surface area contributed by atoms with E-state index in [0.29, 0.717) is 54.9 Å². The van der Waals surface area contributed by atoms with Gasteiger partial charge in [0.2, 0.25) is 0 Å². The van der Waals surface area contributed by atoms with Crippen molar-refractivity contribution in [1.29, 1.82) is 0 Å². The van der Waals surface area contributed by atoms with Crippen molar-refractivity contribution in [1.82, 2.24) is 9.78 Å². The van der Waals surface area contributed by atoms with E-state index < -0.39 is 23.5 Å². The minimum Gasteiger partial charge on any atom is -0.481 e. The molecular formula is C21H30FN3O5. The molecule has 8 nitrogen and oxygen atoms in total. The van der Waals surface area contributed by atoms with Gasteiger partial charge in [0.1, 0.15) is 5.82 Å². The predicted octanol–water partition coefficient (Wildman–Crippen LogP) is 3.25. The van der Waals surface area contributed by atoms with Gasteiger partial charge in [0, 0.05) is 38.9 Å². The number of halogens is 1. The minimum atomic E-state index is -1.22. The number of ether oxygens (including phenoxy) is 3. The quantitative estimate of drug-likeness (QED) is 0.504. The van der Waals surface area contributed by atoms with Crippen LogP contribution in [0.15, 0.2) is 24.4 Å². The molecule has 1 atom stereocenters. The molecule has 1 heterocycles. The van der Waals surface area contributed by atoms with Gasteiger partial charge >= 0.3 is 5.97 Å².